The van der Waals surface area contributed by atoms with Gasteiger partial charge in [-0.15, -0.1) is 0 Å². The van der Waals surface area contributed by atoms with Crippen molar-refractivity contribution in [1.29, 1.82) is 0 Å². The fourth-order valence-electron chi connectivity index (χ4n) is 2.27. The van der Waals surface area contributed by atoms with Gasteiger partial charge in [-0.25, -0.2) is 4.79 Å². The maximum Gasteiger partial charge on any atom is 0.328 e. The van der Waals surface area contributed by atoms with Crippen molar-refractivity contribution in [3.63, 3.8) is 0 Å². The van der Waals surface area contributed by atoms with Gasteiger partial charge in [0.15, 0.2) is 0 Å². The minimum atomic E-state index is -1.56. The fraction of sp³-hybridized carbons (Fsp3) is 0.412. The van der Waals surface area contributed by atoms with Crippen LogP contribution in [0, 0.1) is 0 Å². The van der Waals surface area contributed by atoms with Gasteiger partial charge in [0, 0.05) is 6.42 Å². The second-order valence-electron chi connectivity index (χ2n) is 6.13. The number of hydrogen-bond acceptors (Lipinski definition) is 7. The molecule has 0 aliphatic carbocycles. The first-order valence-electron chi connectivity index (χ1n) is 8.40. The number of hydrogen-bond donors (Lipinski definition) is 7. The van der Waals surface area contributed by atoms with Crippen LogP contribution < -0.4 is 22.1 Å². The minimum absolute atomic E-state index is 0.0572. The van der Waals surface area contributed by atoms with Crippen molar-refractivity contribution in [3.05, 3.63) is 29.8 Å². The Labute approximate surface area is 160 Å². The molecule has 11 nitrogen and oxygen atoms in total. The Balaban J connectivity index is 2.78. The third-order valence-corrected chi connectivity index (χ3v) is 3.84. The number of carbonyl (C=O) groups excluding carboxylic acids is 3. The van der Waals surface area contributed by atoms with E-state index < -0.39 is 48.4 Å². The molecule has 0 heterocycles. The van der Waals surface area contributed by atoms with E-state index in [1.54, 1.807) is 12.1 Å². The van der Waals surface area contributed by atoms with Crippen molar-refractivity contribution >= 4 is 23.7 Å². The largest absolute Gasteiger partial charge is 0.508 e. The molecule has 1 aromatic carbocycles. The summed E-state index contributed by atoms with van der Waals surface area (Å²) in [5.74, 6) is -3.71. The van der Waals surface area contributed by atoms with Gasteiger partial charge >= 0.3 is 5.97 Å². The van der Waals surface area contributed by atoms with E-state index in [4.69, 9.17) is 21.7 Å². The number of aliphatic carboxylic acids is 1. The summed E-state index contributed by atoms with van der Waals surface area (Å²) in [6, 6.07) is 2.16. The molecule has 0 aliphatic rings. The summed E-state index contributed by atoms with van der Waals surface area (Å²) in [6.07, 6.45) is -0.288. The molecule has 1 aromatic rings. The van der Waals surface area contributed by atoms with Gasteiger partial charge in [-0.1, -0.05) is 12.1 Å². The predicted molar refractivity (Wildman–Crippen MR) is 96.8 cm³/mol. The molecule has 9 N–H and O–H groups in total. The molecule has 0 fully saturated rings. The third kappa shape index (κ3) is 7.60. The molecule has 0 aliphatic heterocycles. The lowest BCUT2D eigenvalue weighted by Crippen LogP contribution is -2.55. The number of nitrogens with two attached hydrogens (primary N) is 2. The number of carboxylic acid groups (broad SMARTS) is 1. The van der Waals surface area contributed by atoms with Crippen LogP contribution in [0.1, 0.15) is 18.4 Å². The molecule has 28 heavy (non-hydrogen) atoms. The summed E-state index contributed by atoms with van der Waals surface area (Å²) in [4.78, 5) is 46.5. The van der Waals surface area contributed by atoms with Gasteiger partial charge in [0.05, 0.1) is 12.6 Å². The van der Waals surface area contributed by atoms with Gasteiger partial charge < -0.3 is 37.4 Å². The van der Waals surface area contributed by atoms with Crippen LogP contribution in [-0.4, -0.2) is 63.7 Å². The van der Waals surface area contributed by atoms with Crippen molar-refractivity contribution in [1.82, 2.24) is 10.6 Å². The molecule has 154 valence electrons. The van der Waals surface area contributed by atoms with Crippen LogP contribution in [0.4, 0.5) is 0 Å². The maximum atomic E-state index is 12.3. The second kappa shape index (κ2) is 10.8. The topological polar surface area (TPSA) is 205 Å². The van der Waals surface area contributed by atoms with Crippen LogP contribution in [0.15, 0.2) is 24.3 Å². The van der Waals surface area contributed by atoms with E-state index in [1.807, 2.05) is 0 Å². The maximum absolute atomic E-state index is 12.3. The van der Waals surface area contributed by atoms with Gasteiger partial charge in [0.2, 0.25) is 17.7 Å². The summed E-state index contributed by atoms with van der Waals surface area (Å²) in [6.45, 7) is -0.849. The van der Waals surface area contributed by atoms with Crippen molar-refractivity contribution in [3.8, 4) is 5.75 Å². The van der Waals surface area contributed by atoms with E-state index in [0.29, 0.717) is 5.56 Å². The zero-order valence-corrected chi connectivity index (χ0v) is 15.0. The van der Waals surface area contributed by atoms with Gasteiger partial charge in [0.1, 0.15) is 17.8 Å². The number of carboxylic acids is 1. The number of aromatic hydroxyl groups is 1. The zero-order chi connectivity index (χ0) is 21.3. The zero-order valence-electron chi connectivity index (χ0n) is 15.0. The molecule has 0 aromatic heterocycles. The molecule has 0 saturated carbocycles. The highest BCUT2D eigenvalue weighted by molar-refractivity contribution is 5.92. The Morgan fingerprint density at radius 2 is 1.57 bits per heavy atom. The van der Waals surface area contributed by atoms with Gasteiger partial charge in [-0.3, -0.25) is 14.4 Å². The Morgan fingerprint density at radius 3 is 2.07 bits per heavy atom. The minimum Gasteiger partial charge on any atom is -0.508 e. The van der Waals surface area contributed by atoms with Crippen LogP contribution in [0.25, 0.3) is 0 Å². The second-order valence-corrected chi connectivity index (χ2v) is 6.13. The van der Waals surface area contributed by atoms with E-state index in [9.17, 15) is 24.3 Å². The van der Waals surface area contributed by atoms with E-state index in [1.165, 1.54) is 12.1 Å². The monoisotopic (exact) mass is 396 g/mol. The van der Waals surface area contributed by atoms with Crippen molar-refractivity contribution in [2.45, 2.75) is 37.4 Å². The van der Waals surface area contributed by atoms with Crippen LogP contribution in [0.3, 0.4) is 0 Å². The number of phenols is 1. The highest BCUT2D eigenvalue weighted by atomic mass is 16.4. The normalized spacial score (nSPS) is 13.8. The van der Waals surface area contributed by atoms with Crippen LogP contribution in [0.2, 0.25) is 0 Å². The molecule has 3 amide bonds. The molecular formula is C17H24N4O7. The van der Waals surface area contributed by atoms with Gasteiger partial charge in [-0.2, -0.15) is 0 Å². The number of primary amides is 1. The molecular weight excluding hydrogens is 372 g/mol. The highest BCUT2D eigenvalue weighted by Gasteiger charge is 2.28. The average molecular weight is 396 g/mol. The summed E-state index contributed by atoms with van der Waals surface area (Å²) in [7, 11) is 0. The first-order valence-corrected chi connectivity index (χ1v) is 8.40. The SMILES string of the molecule is NC(=O)CC[C@H](NC(=O)[C@@H](N)Cc1ccc(O)cc1)C(=O)N[C@@H](CO)C(=O)O. The molecule has 11 heteroatoms. The Kier molecular flexibility index (Phi) is 8.85. The Hall–Kier alpha value is -3.18. The number of amides is 3. The number of carbonyl (C=O) groups is 4. The molecule has 0 bridgehead atoms. The lowest BCUT2D eigenvalue weighted by atomic mass is 10.0. The number of aliphatic hydroxyl groups is 1. The Morgan fingerprint density at radius 1 is 1.00 bits per heavy atom. The lowest BCUT2D eigenvalue weighted by molar-refractivity contribution is -0.143. The molecule has 3 atom stereocenters. The molecule has 0 unspecified atom stereocenters. The standard InChI is InChI=1S/C17H24N4O7/c18-11(7-9-1-3-10(23)4-2-9)15(25)20-12(5-6-14(19)24)16(26)21-13(8-22)17(27)28/h1-4,11-13,22-23H,5-8,18H2,(H2,19,24)(H,20,25)(H,21,26)(H,27,28)/t11-,12-,13-/m0/s1. The summed E-state index contributed by atoms with van der Waals surface area (Å²) < 4.78 is 0. The summed E-state index contributed by atoms with van der Waals surface area (Å²) in [5, 5.41) is 31.6. The number of rotatable bonds is 11. The van der Waals surface area contributed by atoms with Crippen LogP contribution in [-0.2, 0) is 25.6 Å². The van der Waals surface area contributed by atoms with Gasteiger partial charge in [0.25, 0.3) is 0 Å². The first-order chi connectivity index (χ1) is 13.1. The molecule has 0 radical (unpaired) electrons. The first kappa shape index (κ1) is 22.9. The van der Waals surface area contributed by atoms with Crippen LogP contribution in [0.5, 0.6) is 5.75 Å². The van der Waals surface area contributed by atoms with Crippen LogP contribution >= 0.6 is 0 Å². The predicted octanol–water partition coefficient (Wildman–Crippen LogP) is -2.43. The Bertz CT molecular complexity index is 708. The number of phenolic OH excluding ortho intramolecular Hbond substituents is 1. The number of nitrogens with one attached hydrogen (secondary N) is 2. The summed E-state index contributed by atoms with van der Waals surface area (Å²) >= 11 is 0. The van der Waals surface area contributed by atoms with E-state index in [2.05, 4.69) is 10.6 Å². The fourth-order valence-corrected chi connectivity index (χ4v) is 2.27. The van der Waals surface area contributed by atoms with E-state index in [-0.39, 0.29) is 25.0 Å². The number of aliphatic hydroxyl groups excluding tert-OH is 1. The van der Waals surface area contributed by atoms with E-state index >= 15 is 0 Å². The van der Waals surface area contributed by atoms with Crippen molar-refractivity contribution < 1.29 is 34.5 Å². The highest BCUT2D eigenvalue weighted by Crippen LogP contribution is 2.11. The lowest BCUT2D eigenvalue weighted by Gasteiger charge is -2.22. The summed E-state index contributed by atoms with van der Waals surface area (Å²) in [5.41, 5.74) is 11.6. The molecule has 0 saturated heterocycles. The van der Waals surface area contributed by atoms with Gasteiger partial charge in [-0.05, 0) is 30.5 Å². The van der Waals surface area contributed by atoms with Crippen molar-refractivity contribution in [2.75, 3.05) is 6.61 Å². The molecule has 1 rings (SSSR count). The quantitative estimate of drug-likeness (QED) is 0.214. The average Bonchev–Trinajstić information content (AvgIpc) is 2.63. The smallest absolute Gasteiger partial charge is 0.328 e. The van der Waals surface area contributed by atoms with Crippen molar-refractivity contribution in [2.24, 2.45) is 11.5 Å². The van der Waals surface area contributed by atoms with E-state index in [0.717, 1.165) is 0 Å². The third-order valence-electron chi connectivity index (χ3n) is 3.84. The number of benzene rings is 1. The molecule has 0 spiro atoms.